The third kappa shape index (κ3) is 4.70. The minimum Gasteiger partial charge on any atom is -0.484 e. The molecule has 0 aliphatic heterocycles. The number of nitrogens with zero attached hydrogens (tertiary/aromatic N) is 1. The van der Waals surface area contributed by atoms with Gasteiger partial charge in [-0.25, -0.2) is 0 Å². The van der Waals surface area contributed by atoms with E-state index in [9.17, 15) is 19.7 Å². The van der Waals surface area contributed by atoms with Crippen molar-refractivity contribution >= 4 is 29.1 Å². The van der Waals surface area contributed by atoms with Gasteiger partial charge in [-0.1, -0.05) is 23.7 Å². The third-order valence-electron chi connectivity index (χ3n) is 3.44. The van der Waals surface area contributed by atoms with E-state index in [1.54, 1.807) is 12.1 Å². The number of hydrogen-bond acceptors (Lipinski definition) is 5. The molecule has 9 heteroatoms. The molecular formula is C17H16ClN3O5. The van der Waals surface area contributed by atoms with Gasteiger partial charge in [0.1, 0.15) is 11.3 Å². The topological polar surface area (TPSA) is 111 Å². The standard InChI is InChI=1S/C17H16ClN3O5/c1-10-7-12(8-11(2)16(10)18)26-9-15(22)19-20-17(23)13-5-3-4-6-14(13)21(24)25/h3-8H,9H2,1-2H3,(H,19,22)(H,20,23). The van der Waals surface area contributed by atoms with Crippen LogP contribution in [-0.2, 0) is 4.79 Å². The highest BCUT2D eigenvalue weighted by atomic mass is 35.5. The number of hydrogen-bond donors (Lipinski definition) is 2. The highest BCUT2D eigenvalue weighted by Gasteiger charge is 2.19. The van der Waals surface area contributed by atoms with E-state index >= 15 is 0 Å². The van der Waals surface area contributed by atoms with Crippen molar-refractivity contribution in [2.75, 3.05) is 6.61 Å². The molecule has 0 radical (unpaired) electrons. The number of nitro groups is 1. The molecular weight excluding hydrogens is 362 g/mol. The number of aryl methyl sites for hydroxylation is 2. The van der Waals surface area contributed by atoms with Gasteiger partial charge in [0.25, 0.3) is 17.5 Å². The Labute approximate surface area is 154 Å². The third-order valence-corrected chi connectivity index (χ3v) is 4.04. The summed E-state index contributed by atoms with van der Waals surface area (Å²) in [6.07, 6.45) is 0. The van der Waals surface area contributed by atoms with E-state index in [0.29, 0.717) is 10.8 Å². The minimum absolute atomic E-state index is 0.164. The zero-order valence-corrected chi connectivity index (χ0v) is 14.8. The number of nitro benzene ring substituents is 1. The van der Waals surface area contributed by atoms with Crippen LogP contribution in [0.5, 0.6) is 5.75 Å². The van der Waals surface area contributed by atoms with Gasteiger partial charge >= 0.3 is 0 Å². The molecule has 26 heavy (non-hydrogen) atoms. The Kier molecular flexibility index (Phi) is 6.13. The Balaban J connectivity index is 1.91. The number of hydrazine groups is 1. The normalized spacial score (nSPS) is 10.1. The van der Waals surface area contributed by atoms with E-state index in [1.807, 2.05) is 13.8 Å². The van der Waals surface area contributed by atoms with Gasteiger partial charge in [0.05, 0.1) is 4.92 Å². The van der Waals surface area contributed by atoms with E-state index in [2.05, 4.69) is 10.9 Å². The Bertz CT molecular complexity index is 846. The van der Waals surface area contributed by atoms with Crippen molar-refractivity contribution in [3.8, 4) is 5.75 Å². The number of amides is 2. The summed E-state index contributed by atoms with van der Waals surface area (Å²) in [6, 6.07) is 8.79. The first kappa shape index (κ1) is 19.2. The SMILES string of the molecule is Cc1cc(OCC(=O)NNC(=O)c2ccccc2[N+](=O)[O-])cc(C)c1Cl. The van der Waals surface area contributed by atoms with Crippen molar-refractivity contribution in [1.29, 1.82) is 0 Å². The van der Waals surface area contributed by atoms with Crippen LogP contribution in [0.2, 0.25) is 5.02 Å². The van der Waals surface area contributed by atoms with E-state index in [0.717, 1.165) is 11.1 Å². The first-order chi connectivity index (χ1) is 12.3. The van der Waals surface area contributed by atoms with Crippen molar-refractivity contribution in [3.63, 3.8) is 0 Å². The fourth-order valence-electron chi connectivity index (χ4n) is 2.19. The van der Waals surface area contributed by atoms with Crippen LogP contribution in [0.1, 0.15) is 21.5 Å². The van der Waals surface area contributed by atoms with Crippen LogP contribution in [0.25, 0.3) is 0 Å². The van der Waals surface area contributed by atoms with Gasteiger partial charge in [0.2, 0.25) is 0 Å². The summed E-state index contributed by atoms with van der Waals surface area (Å²) in [6.45, 7) is 3.28. The van der Waals surface area contributed by atoms with Crippen molar-refractivity contribution in [2.24, 2.45) is 0 Å². The lowest BCUT2D eigenvalue weighted by atomic mass is 10.1. The molecule has 0 heterocycles. The molecule has 8 nitrogen and oxygen atoms in total. The van der Waals surface area contributed by atoms with Crippen LogP contribution in [0.15, 0.2) is 36.4 Å². The van der Waals surface area contributed by atoms with Gasteiger partial charge in [-0.05, 0) is 43.2 Å². The van der Waals surface area contributed by atoms with Gasteiger partial charge in [0.15, 0.2) is 6.61 Å². The van der Waals surface area contributed by atoms with E-state index in [4.69, 9.17) is 16.3 Å². The Hall–Kier alpha value is -3.13. The lowest BCUT2D eigenvalue weighted by Crippen LogP contribution is -2.44. The molecule has 2 amide bonds. The van der Waals surface area contributed by atoms with E-state index < -0.39 is 16.7 Å². The molecule has 0 aromatic heterocycles. The van der Waals surface area contributed by atoms with Crippen LogP contribution in [0, 0.1) is 24.0 Å². The maximum atomic E-state index is 12.0. The summed E-state index contributed by atoms with van der Waals surface area (Å²) in [5, 5.41) is 11.5. The molecule has 2 aromatic rings. The highest BCUT2D eigenvalue weighted by molar-refractivity contribution is 6.32. The first-order valence-electron chi connectivity index (χ1n) is 7.51. The number of nitrogens with one attached hydrogen (secondary N) is 2. The molecule has 0 fully saturated rings. The monoisotopic (exact) mass is 377 g/mol. The van der Waals surface area contributed by atoms with Crippen LogP contribution < -0.4 is 15.6 Å². The molecule has 2 N–H and O–H groups in total. The average molecular weight is 378 g/mol. The van der Waals surface area contributed by atoms with Crippen molar-refractivity contribution in [1.82, 2.24) is 10.9 Å². The summed E-state index contributed by atoms with van der Waals surface area (Å²) in [4.78, 5) is 34.0. The fourth-order valence-corrected chi connectivity index (χ4v) is 2.30. The molecule has 0 aliphatic rings. The predicted octanol–water partition coefficient (Wildman–Crippen LogP) is 2.71. The fraction of sp³-hybridized carbons (Fsp3) is 0.176. The molecule has 0 unspecified atom stereocenters. The van der Waals surface area contributed by atoms with E-state index in [-0.39, 0.29) is 17.9 Å². The molecule has 0 saturated carbocycles. The summed E-state index contributed by atoms with van der Waals surface area (Å²) in [7, 11) is 0. The Morgan fingerprint density at radius 1 is 1.15 bits per heavy atom. The number of ether oxygens (including phenoxy) is 1. The second-order valence-corrected chi connectivity index (χ2v) is 5.81. The highest BCUT2D eigenvalue weighted by Crippen LogP contribution is 2.25. The quantitative estimate of drug-likeness (QED) is 0.614. The number of rotatable bonds is 5. The smallest absolute Gasteiger partial charge is 0.282 e. The minimum atomic E-state index is -0.802. The molecule has 0 spiro atoms. The first-order valence-corrected chi connectivity index (χ1v) is 7.89. The van der Waals surface area contributed by atoms with Gasteiger partial charge in [-0.2, -0.15) is 0 Å². The van der Waals surface area contributed by atoms with Gasteiger partial charge in [0, 0.05) is 11.1 Å². The molecule has 2 rings (SSSR count). The van der Waals surface area contributed by atoms with Crippen molar-refractivity contribution in [2.45, 2.75) is 13.8 Å². The number of carbonyl (C=O) groups is 2. The molecule has 0 atom stereocenters. The molecule has 0 saturated heterocycles. The van der Waals surface area contributed by atoms with Crippen LogP contribution in [-0.4, -0.2) is 23.3 Å². The molecule has 2 aromatic carbocycles. The van der Waals surface area contributed by atoms with Gasteiger partial charge in [-0.3, -0.25) is 30.6 Å². The lowest BCUT2D eigenvalue weighted by molar-refractivity contribution is -0.385. The Morgan fingerprint density at radius 2 is 1.77 bits per heavy atom. The summed E-state index contributed by atoms with van der Waals surface area (Å²) < 4.78 is 5.35. The lowest BCUT2D eigenvalue weighted by Gasteiger charge is -2.11. The van der Waals surface area contributed by atoms with Crippen molar-refractivity contribution in [3.05, 3.63) is 68.2 Å². The number of benzene rings is 2. The molecule has 0 aliphatic carbocycles. The zero-order chi connectivity index (χ0) is 19.3. The summed E-state index contributed by atoms with van der Waals surface area (Å²) >= 11 is 6.06. The van der Waals surface area contributed by atoms with Gasteiger partial charge in [-0.15, -0.1) is 0 Å². The maximum Gasteiger partial charge on any atom is 0.282 e. The second kappa shape index (κ2) is 8.30. The summed E-state index contributed by atoms with van der Waals surface area (Å²) in [5.41, 5.74) is 5.36. The largest absolute Gasteiger partial charge is 0.484 e. The number of halogens is 1. The van der Waals surface area contributed by atoms with Gasteiger partial charge < -0.3 is 4.74 Å². The van der Waals surface area contributed by atoms with E-state index in [1.165, 1.54) is 24.3 Å². The molecule has 136 valence electrons. The Morgan fingerprint density at radius 3 is 2.38 bits per heavy atom. The average Bonchev–Trinajstić information content (AvgIpc) is 2.62. The maximum absolute atomic E-state index is 12.0. The molecule has 0 bridgehead atoms. The predicted molar refractivity (Wildman–Crippen MR) is 95.1 cm³/mol. The van der Waals surface area contributed by atoms with Crippen LogP contribution in [0.3, 0.4) is 0 Å². The van der Waals surface area contributed by atoms with Crippen molar-refractivity contribution < 1.29 is 19.2 Å². The van der Waals surface area contributed by atoms with Crippen LogP contribution >= 0.6 is 11.6 Å². The summed E-state index contributed by atoms with van der Waals surface area (Å²) in [5.74, 6) is -0.962. The number of carbonyl (C=O) groups excluding carboxylic acids is 2. The second-order valence-electron chi connectivity index (χ2n) is 5.44. The number of para-hydroxylation sites is 1. The van der Waals surface area contributed by atoms with Crippen LogP contribution in [0.4, 0.5) is 5.69 Å². The zero-order valence-electron chi connectivity index (χ0n) is 14.0.